The standard InChI is InChI=1S/C15H13N5O/c1-2-9-6-12(20-19-9)10-7-13(14-4-3-5-21-14)18-15(17)11(10)8-16/h3-7H,2H2,1H3,(H2,17,18)(H,19,20). The number of nitrogen functional groups attached to an aromatic ring is 1. The first-order chi connectivity index (χ1) is 10.2. The molecule has 0 radical (unpaired) electrons. The molecule has 0 atom stereocenters. The summed E-state index contributed by atoms with van der Waals surface area (Å²) < 4.78 is 5.34. The molecule has 0 fully saturated rings. The number of H-pyrrole nitrogens is 1. The zero-order valence-corrected chi connectivity index (χ0v) is 11.4. The number of nitrogens with one attached hydrogen (secondary N) is 1. The Hall–Kier alpha value is -3.07. The summed E-state index contributed by atoms with van der Waals surface area (Å²) in [6.07, 6.45) is 2.40. The summed E-state index contributed by atoms with van der Waals surface area (Å²) in [6.45, 7) is 2.03. The molecular weight excluding hydrogens is 266 g/mol. The van der Waals surface area contributed by atoms with Gasteiger partial charge in [-0.2, -0.15) is 10.4 Å². The third-order valence-electron chi connectivity index (χ3n) is 3.22. The van der Waals surface area contributed by atoms with E-state index >= 15 is 0 Å². The molecule has 3 aromatic rings. The molecule has 0 aliphatic heterocycles. The Labute approximate surface area is 121 Å². The summed E-state index contributed by atoms with van der Waals surface area (Å²) in [5, 5.41) is 16.5. The molecule has 3 N–H and O–H groups in total. The Balaban J connectivity index is 2.20. The molecule has 6 nitrogen and oxygen atoms in total. The van der Waals surface area contributed by atoms with Crippen LogP contribution in [0.25, 0.3) is 22.7 Å². The zero-order chi connectivity index (χ0) is 14.8. The van der Waals surface area contributed by atoms with Crippen LogP contribution in [0.3, 0.4) is 0 Å². The van der Waals surface area contributed by atoms with Crippen molar-refractivity contribution in [1.29, 1.82) is 5.26 Å². The number of pyridine rings is 1. The molecule has 0 aliphatic rings. The van der Waals surface area contributed by atoms with Crippen molar-refractivity contribution in [3.05, 3.63) is 41.8 Å². The Bertz CT molecular complexity index is 811. The minimum absolute atomic E-state index is 0.169. The molecular formula is C15H13N5O. The highest BCUT2D eigenvalue weighted by atomic mass is 16.3. The monoisotopic (exact) mass is 279 g/mol. The van der Waals surface area contributed by atoms with Gasteiger partial charge in [0.1, 0.15) is 23.1 Å². The first-order valence-electron chi connectivity index (χ1n) is 6.52. The maximum atomic E-state index is 9.31. The van der Waals surface area contributed by atoms with E-state index in [2.05, 4.69) is 21.3 Å². The van der Waals surface area contributed by atoms with Crippen molar-refractivity contribution in [1.82, 2.24) is 15.2 Å². The van der Waals surface area contributed by atoms with Gasteiger partial charge in [-0.15, -0.1) is 0 Å². The summed E-state index contributed by atoms with van der Waals surface area (Å²) in [6, 6.07) is 9.33. The van der Waals surface area contributed by atoms with E-state index in [0.717, 1.165) is 12.1 Å². The van der Waals surface area contributed by atoms with E-state index in [0.29, 0.717) is 28.3 Å². The van der Waals surface area contributed by atoms with E-state index in [9.17, 15) is 5.26 Å². The lowest BCUT2D eigenvalue weighted by Crippen LogP contribution is -1.99. The maximum Gasteiger partial charge on any atom is 0.152 e. The van der Waals surface area contributed by atoms with Gasteiger partial charge in [0.2, 0.25) is 0 Å². The lowest BCUT2D eigenvalue weighted by molar-refractivity contribution is 0.580. The topological polar surface area (TPSA) is 105 Å². The Morgan fingerprint density at radius 2 is 2.24 bits per heavy atom. The van der Waals surface area contributed by atoms with Crippen molar-refractivity contribution in [3.63, 3.8) is 0 Å². The normalized spacial score (nSPS) is 10.5. The highest BCUT2D eigenvalue weighted by molar-refractivity contribution is 5.77. The van der Waals surface area contributed by atoms with Gasteiger partial charge in [0.25, 0.3) is 0 Å². The number of hydrogen-bond donors (Lipinski definition) is 2. The van der Waals surface area contributed by atoms with Gasteiger partial charge in [-0.25, -0.2) is 4.98 Å². The summed E-state index contributed by atoms with van der Waals surface area (Å²) in [4.78, 5) is 4.22. The van der Waals surface area contributed by atoms with E-state index < -0.39 is 0 Å². The van der Waals surface area contributed by atoms with Gasteiger partial charge < -0.3 is 10.2 Å². The van der Waals surface area contributed by atoms with Crippen molar-refractivity contribution >= 4 is 5.82 Å². The van der Waals surface area contributed by atoms with E-state index in [1.165, 1.54) is 0 Å². The SMILES string of the molecule is CCc1cc(-c2cc(-c3ccco3)nc(N)c2C#N)n[nH]1. The molecule has 0 aliphatic carbocycles. The molecule has 0 aromatic carbocycles. The number of furan rings is 1. The van der Waals surface area contributed by atoms with Crippen LogP contribution < -0.4 is 5.73 Å². The minimum atomic E-state index is 0.169. The number of anilines is 1. The van der Waals surface area contributed by atoms with E-state index in [1.54, 1.807) is 24.5 Å². The van der Waals surface area contributed by atoms with Gasteiger partial charge in [-0.1, -0.05) is 6.92 Å². The second-order valence-corrected chi connectivity index (χ2v) is 4.54. The fraction of sp³-hybridized carbons (Fsp3) is 0.133. The molecule has 0 saturated heterocycles. The summed E-state index contributed by atoms with van der Waals surface area (Å²) in [7, 11) is 0. The van der Waals surface area contributed by atoms with Gasteiger partial charge in [-0.05, 0) is 30.7 Å². The smallest absolute Gasteiger partial charge is 0.152 e. The van der Waals surface area contributed by atoms with Crippen molar-refractivity contribution in [2.75, 3.05) is 5.73 Å². The van der Waals surface area contributed by atoms with Crippen LogP contribution in [0.2, 0.25) is 0 Å². The Morgan fingerprint density at radius 1 is 1.38 bits per heavy atom. The summed E-state index contributed by atoms with van der Waals surface area (Å²) >= 11 is 0. The van der Waals surface area contributed by atoms with Gasteiger partial charge in [-0.3, -0.25) is 5.10 Å². The van der Waals surface area contributed by atoms with Crippen molar-refractivity contribution in [2.24, 2.45) is 0 Å². The van der Waals surface area contributed by atoms with Gasteiger partial charge in [0.15, 0.2) is 5.76 Å². The van der Waals surface area contributed by atoms with Gasteiger partial charge >= 0.3 is 0 Å². The number of nitrogens with two attached hydrogens (primary N) is 1. The molecule has 3 heterocycles. The van der Waals surface area contributed by atoms with Crippen LogP contribution in [0.4, 0.5) is 5.82 Å². The van der Waals surface area contributed by atoms with E-state index in [1.807, 2.05) is 13.0 Å². The highest BCUT2D eigenvalue weighted by Gasteiger charge is 2.16. The molecule has 6 heteroatoms. The number of aromatic nitrogens is 3. The second kappa shape index (κ2) is 5.13. The number of hydrogen-bond acceptors (Lipinski definition) is 5. The average molecular weight is 279 g/mol. The quantitative estimate of drug-likeness (QED) is 0.767. The Kier molecular flexibility index (Phi) is 3.16. The molecule has 104 valence electrons. The van der Waals surface area contributed by atoms with Crippen LogP contribution in [0, 0.1) is 11.3 Å². The molecule has 3 rings (SSSR count). The molecule has 3 aromatic heterocycles. The van der Waals surface area contributed by atoms with Crippen molar-refractivity contribution < 1.29 is 4.42 Å². The zero-order valence-electron chi connectivity index (χ0n) is 11.4. The first kappa shape index (κ1) is 12.9. The van der Waals surface area contributed by atoms with E-state index in [-0.39, 0.29) is 5.82 Å². The number of nitriles is 1. The molecule has 0 saturated carbocycles. The van der Waals surface area contributed by atoms with Crippen LogP contribution >= 0.6 is 0 Å². The van der Waals surface area contributed by atoms with Crippen LogP contribution in [0.5, 0.6) is 0 Å². The van der Waals surface area contributed by atoms with Crippen LogP contribution in [-0.2, 0) is 6.42 Å². The van der Waals surface area contributed by atoms with Crippen molar-refractivity contribution in [3.8, 4) is 28.8 Å². The lowest BCUT2D eigenvalue weighted by Gasteiger charge is -2.06. The largest absolute Gasteiger partial charge is 0.463 e. The highest BCUT2D eigenvalue weighted by Crippen LogP contribution is 2.30. The van der Waals surface area contributed by atoms with Crippen LogP contribution in [-0.4, -0.2) is 15.2 Å². The molecule has 0 spiro atoms. The van der Waals surface area contributed by atoms with Gasteiger partial charge in [0.05, 0.1) is 12.0 Å². The molecule has 21 heavy (non-hydrogen) atoms. The maximum absolute atomic E-state index is 9.31. The third-order valence-corrected chi connectivity index (χ3v) is 3.22. The Morgan fingerprint density at radius 3 is 2.86 bits per heavy atom. The third kappa shape index (κ3) is 2.25. The second-order valence-electron chi connectivity index (χ2n) is 4.54. The van der Waals surface area contributed by atoms with Crippen molar-refractivity contribution in [2.45, 2.75) is 13.3 Å². The number of nitrogens with zero attached hydrogens (tertiary/aromatic N) is 3. The number of rotatable bonds is 3. The molecule has 0 amide bonds. The lowest BCUT2D eigenvalue weighted by atomic mass is 10.0. The van der Waals surface area contributed by atoms with Crippen LogP contribution in [0.1, 0.15) is 18.2 Å². The number of aryl methyl sites for hydroxylation is 1. The first-order valence-corrected chi connectivity index (χ1v) is 6.52. The fourth-order valence-electron chi connectivity index (χ4n) is 2.12. The predicted molar refractivity (Wildman–Crippen MR) is 78.0 cm³/mol. The molecule has 0 bridgehead atoms. The predicted octanol–water partition coefficient (Wildman–Crippen LogP) is 2.75. The van der Waals surface area contributed by atoms with Gasteiger partial charge in [0, 0.05) is 11.3 Å². The molecule has 0 unspecified atom stereocenters. The average Bonchev–Trinajstić information content (AvgIpc) is 3.17. The fourth-order valence-corrected chi connectivity index (χ4v) is 2.12. The van der Waals surface area contributed by atoms with Crippen LogP contribution in [0.15, 0.2) is 34.9 Å². The van der Waals surface area contributed by atoms with E-state index in [4.69, 9.17) is 10.2 Å². The minimum Gasteiger partial charge on any atom is -0.463 e. The summed E-state index contributed by atoms with van der Waals surface area (Å²) in [5.74, 6) is 0.765. The number of aromatic amines is 1. The summed E-state index contributed by atoms with van der Waals surface area (Å²) in [5.41, 5.74) is 9.10.